The number of nitrogens with one attached hydrogen (secondary N) is 1. The molecular formula is C16H19N3O3. The zero-order valence-electron chi connectivity index (χ0n) is 12.6. The van der Waals surface area contributed by atoms with E-state index in [9.17, 15) is 9.59 Å². The maximum absolute atomic E-state index is 12.3. The van der Waals surface area contributed by atoms with E-state index >= 15 is 0 Å². The molecule has 0 aliphatic rings. The first-order valence-electron chi connectivity index (χ1n) is 7.03. The molecule has 0 fully saturated rings. The molecule has 1 amide bonds. The smallest absolute Gasteiger partial charge is 0.270 e. The molecule has 116 valence electrons. The van der Waals surface area contributed by atoms with E-state index in [1.54, 1.807) is 13.1 Å². The average molecular weight is 301 g/mol. The number of nitrogens with two attached hydrogens (primary N) is 1. The second-order valence-corrected chi connectivity index (χ2v) is 4.81. The highest BCUT2D eigenvalue weighted by Gasteiger charge is 2.15. The van der Waals surface area contributed by atoms with E-state index in [2.05, 4.69) is 0 Å². The molecule has 0 aliphatic carbocycles. The van der Waals surface area contributed by atoms with Crippen LogP contribution in [0.5, 0.6) is 5.75 Å². The van der Waals surface area contributed by atoms with Crippen molar-refractivity contribution < 1.29 is 9.53 Å². The molecule has 0 saturated heterocycles. The summed E-state index contributed by atoms with van der Waals surface area (Å²) >= 11 is 0. The van der Waals surface area contributed by atoms with Crippen molar-refractivity contribution in [3.63, 3.8) is 0 Å². The number of amides is 1. The Labute approximate surface area is 128 Å². The van der Waals surface area contributed by atoms with Crippen molar-refractivity contribution in [2.45, 2.75) is 13.3 Å². The van der Waals surface area contributed by atoms with Gasteiger partial charge in [0.2, 0.25) is 0 Å². The van der Waals surface area contributed by atoms with Crippen LogP contribution in [0.3, 0.4) is 0 Å². The molecular weight excluding hydrogens is 282 g/mol. The van der Waals surface area contributed by atoms with Crippen molar-refractivity contribution in [2.75, 3.05) is 6.61 Å². The van der Waals surface area contributed by atoms with Crippen LogP contribution in [0.25, 0.3) is 11.3 Å². The Morgan fingerprint density at radius 1 is 1.27 bits per heavy atom. The predicted molar refractivity (Wildman–Crippen MR) is 84.6 cm³/mol. The molecule has 6 nitrogen and oxygen atoms in total. The number of ether oxygens (including phenoxy) is 1. The number of nitrogens with zero attached hydrogens (tertiary/aromatic N) is 1. The average Bonchev–Trinajstić information content (AvgIpc) is 2.55. The van der Waals surface area contributed by atoms with Gasteiger partial charge in [-0.25, -0.2) is 5.84 Å². The van der Waals surface area contributed by atoms with E-state index in [0.717, 1.165) is 12.0 Å². The predicted octanol–water partition coefficient (Wildman–Crippen LogP) is 1.44. The van der Waals surface area contributed by atoms with Crippen LogP contribution in [0.1, 0.15) is 23.7 Å². The molecule has 0 saturated carbocycles. The fourth-order valence-corrected chi connectivity index (χ4v) is 2.17. The van der Waals surface area contributed by atoms with Crippen molar-refractivity contribution in [1.29, 1.82) is 0 Å². The summed E-state index contributed by atoms with van der Waals surface area (Å²) in [6.07, 6.45) is 0.892. The van der Waals surface area contributed by atoms with E-state index in [0.29, 0.717) is 18.1 Å². The van der Waals surface area contributed by atoms with Crippen LogP contribution in [-0.2, 0) is 7.05 Å². The highest BCUT2D eigenvalue weighted by Crippen LogP contribution is 2.29. The quantitative estimate of drug-likeness (QED) is 0.497. The van der Waals surface area contributed by atoms with Gasteiger partial charge in [0, 0.05) is 12.6 Å². The molecule has 1 heterocycles. The van der Waals surface area contributed by atoms with Crippen LogP contribution in [-0.4, -0.2) is 17.1 Å². The van der Waals surface area contributed by atoms with E-state index in [1.807, 2.05) is 36.6 Å². The number of carbonyl (C=O) groups is 1. The number of carbonyl (C=O) groups excluding carboxylic acids is 1. The van der Waals surface area contributed by atoms with Crippen molar-refractivity contribution in [3.05, 3.63) is 52.3 Å². The Bertz CT molecular complexity index is 738. The first-order valence-corrected chi connectivity index (χ1v) is 7.03. The van der Waals surface area contributed by atoms with Crippen LogP contribution < -0.4 is 21.6 Å². The number of rotatable bonds is 5. The zero-order chi connectivity index (χ0) is 16.1. The Hall–Kier alpha value is -2.60. The first-order chi connectivity index (χ1) is 10.6. The second kappa shape index (κ2) is 6.91. The monoisotopic (exact) mass is 301 g/mol. The summed E-state index contributed by atoms with van der Waals surface area (Å²) in [6, 6.07) is 10.7. The minimum absolute atomic E-state index is 0.000655. The van der Waals surface area contributed by atoms with Crippen LogP contribution in [0.2, 0.25) is 0 Å². The maximum atomic E-state index is 12.3. The molecule has 2 rings (SSSR count). The Kier molecular flexibility index (Phi) is 4.95. The normalized spacial score (nSPS) is 10.3. The minimum Gasteiger partial charge on any atom is -0.493 e. The molecule has 0 spiro atoms. The van der Waals surface area contributed by atoms with Crippen LogP contribution in [0.15, 0.2) is 41.2 Å². The van der Waals surface area contributed by atoms with Gasteiger partial charge < -0.3 is 9.30 Å². The molecule has 1 aromatic carbocycles. The van der Waals surface area contributed by atoms with Gasteiger partial charge in [0.1, 0.15) is 11.3 Å². The lowest BCUT2D eigenvalue weighted by Crippen LogP contribution is -2.36. The molecule has 0 aliphatic heterocycles. The molecule has 0 radical (unpaired) electrons. The van der Waals surface area contributed by atoms with Gasteiger partial charge in [0.15, 0.2) is 0 Å². The number of para-hydroxylation sites is 1. The molecule has 0 unspecified atom stereocenters. The van der Waals surface area contributed by atoms with E-state index < -0.39 is 11.5 Å². The van der Waals surface area contributed by atoms with Gasteiger partial charge in [-0.3, -0.25) is 15.0 Å². The Morgan fingerprint density at radius 2 is 2.00 bits per heavy atom. The summed E-state index contributed by atoms with van der Waals surface area (Å²) in [7, 11) is 1.61. The third-order valence-electron chi connectivity index (χ3n) is 3.30. The summed E-state index contributed by atoms with van der Waals surface area (Å²) in [5.41, 5.74) is 3.03. The Balaban J connectivity index is 2.53. The highest BCUT2D eigenvalue weighted by molar-refractivity contribution is 5.93. The van der Waals surface area contributed by atoms with Gasteiger partial charge >= 0.3 is 0 Å². The SMILES string of the molecule is CCCOc1ccccc1-c1ccc(C(=O)NN)c(=O)n1C. The number of hydrogen-bond donors (Lipinski definition) is 2. The van der Waals surface area contributed by atoms with Crippen LogP contribution >= 0.6 is 0 Å². The topological polar surface area (TPSA) is 86.3 Å². The lowest BCUT2D eigenvalue weighted by Gasteiger charge is -2.14. The zero-order valence-corrected chi connectivity index (χ0v) is 12.6. The lowest BCUT2D eigenvalue weighted by molar-refractivity contribution is 0.0951. The maximum Gasteiger partial charge on any atom is 0.270 e. The fraction of sp³-hybridized carbons (Fsp3) is 0.250. The molecule has 6 heteroatoms. The minimum atomic E-state index is -0.609. The van der Waals surface area contributed by atoms with Gasteiger partial charge in [0.05, 0.1) is 12.3 Å². The van der Waals surface area contributed by atoms with Crippen molar-refractivity contribution in [2.24, 2.45) is 12.9 Å². The van der Waals surface area contributed by atoms with Crippen LogP contribution in [0.4, 0.5) is 0 Å². The second-order valence-electron chi connectivity index (χ2n) is 4.81. The standard InChI is InChI=1S/C16H19N3O3/c1-3-10-22-14-7-5-4-6-11(14)13-9-8-12(15(20)18-17)16(21)19(13)2/h4-9H,3,10,17H2,1-2H3,(H,18,20). The van der Waals surface area contributed by atoms with E-state index in [1.165, 1.54) is 10.6 Å². The van der Waals surface area contributed by atoms with Gasteiger partial charge in [-0.15, -0.1) is 0 Å². The van der Waals surface area contributed by atoms with Gasteiger partial charge in [-0.1, -0.05) is 19.1 Å². The summed E-state index contributed by atoms with van der Waals surface area (Å²) < 4.78 is 7.14. The number of hydrazine groups is 1. The third kappa shape index (κ3) is 3.01. The molecule has 0 bridgehead atoms. The summed E-state index contributed by atoms with van der Waals surface area (Å²) in [6.45, 7) is 2.62. The molecule has 3 N–H and O–H groups in total. The lowest BCUT2D eigenvalue weighted by atomic mass is 10.1. The highest BCUT2D eigenvalue weighted by atomic mass is 16.5. The first kappa shape index (κ1) is 15.8. The number of nitrogen functional groups attached to an aromatic ring is 1. The summed E-state index contributed by atoms with van der Waals surface area (Å²) in [5.74, 6) is 5.18. The van der Waals surface area contributed by atoms with Gasteiger partial charge in [0.25, 0.3) is 11.5 Å². The molecule has 2 aromatic rings. The van der Waals surface area contributed by atoms with Gasteiger partial charge in [-0.2, -0.15) is 0 Å². The summed E-state index contributed by atoms with van der Waals surface area (Å²) in [4.78, 5) is 23.9. The fourth-order valence-electron chi connectivity index (χ4n) is 2.17. The Morgan fingerprint density at radius 3 is 2.68 bits per heavy atom. The van der Waals surface area contributed by atoms with E-state index in [4.69, 9.17) is 10.6 Å². The number of aromatic nitrogens is 1. The van der Waals surface area contributed by atoms with Crippen molar-refractivity contribution in [1.82, 2.24) is 9.99 Å². The molecule has 22 heavy (non-hydrogen) atoms. The van der Waals surface area contributed by atoms with Crippen LogP contribution in [0, 0.1) is 0 Å². The largest absolute Gasteiger partial charge is 0.493 e. The van der Waals surface area contributed by atoms with Crippen molar-refractivity contribution >= 4 is 5.91 Å². The molecule has 0 atom stereocenters. The molecule has 1 aromatic heterocycles. The van der Waals surface area contributed by atoms with E-state index in [-0.39, 0.29) is 5.56 Å². The van der Waals surface area contributed by atoms with Crippen molar-refractivity contribution in [3.8, 4) is 17.0 Å². The number of hydrogen-bond acceptors (Lipinski definition) is 4. The number of benzene rings is 1. The third-order valence-corrected chi connectivity index (χ3v) is 3.30. The number of pyridine rings is 1. The van der Waals surface area contributed by atoms with Gasteiger partial charge in [-0.05, 0) is 30.7 Å². The summed E-state index contributed by atoms with van der Waals surface area (Å²) in [5, 5.41) is 0.